The van der Waals surface area contributed by atoms with E-state index in [1.165, 1.54) is 12.1 Å². The number of hydrogen-bond acceptors (Lipinski definition) is 8. The fraction of sp³-hybridized carbons (Fsp3) is 0. The zero-order valence-electron chi connectivity index (χ0n) is 12.6. The van der Waals surface area contributed by atoms with Crippen molar-refractivity contribution in [2.75, 3.05) is 0 Å². The molecule has 0 unspecified atom stereocenters. The first kappa shape index (κ1) is 16.6. The fourth-order valence-electron chi connectivity index (χ4n) is 2.02. The van der Waals surface area contributed by atoms with Gasteiger partial charge in [0.15, 0.2) is 0 Å². The van der Waals surface area contributed by atoms with E-state index in [-0.39, 0.29) is 22.2 Å². The first-order valence-electron chi connectivity index (χ1n) is 6.88. The molecule has 0 spiro atoms. The molecule has 0 saturated heterocycles. The number of hydrogen-bond donors (Lipinski definition) is 2. The third-order valence-corrected chi connectivity index (χ3v) is 3.14. The monoisotopic (exact) mass is 360 g/mol. The molecule has 0 atom stereocenters. The summed E-state index contributed by atoms with van der Waals surface area (Å²) in [7, 11) is 0. The number of nitro groups is 2. The third-order valence-electron chi connectivity index (χ3n) is 3.14. The highest BCUT2D eigenvalue weighted by Gasteiger charge is 2.11. The molecule has 12 heteroatoms. The first-order valence-corrected chi connectivity index (χ1v) is 6.88. The van der Waals surface area contributed by atoms with Crippen LogP contribution >= 0.6 is 0 Å². The molecule has 0 aromatic carbocycles. The molecule has 0 aliphatic carbocycles. The predicted molar refractivity (Wildman–Crippen MR) is 84.8 cm³/mol. The molecule has 0 bridgehead atoms. The Bertz CT molecular complexity index is 1140. The number of furan rings is 2. The van der Waals surface area contributed by atoms with Gasteiger partial charge in [-0.2, -0.15) is 0 Å². The van der Waals surface area contributed by atoms with Gasteiger partial charge in [0.25, 0.3) is 11.1 Å². The van der Waals surface area contributed by atoms with E-state index in [1.807, 2.05) is 0 Å². The topological polar surface area (TPSA) is 178 Å². The maximum Gasteiger partial charge on any atom is 0.433 e. The quantitative estimate of drug-likeness (QED) is 0.471. The highest BCUT2D eigenvalue weighted by molar-refractivity contribution is 5.45. The van der Waals surface area contributed by atoms with Crippen molar-refractivity contribution in [3.8, 4) is 0 Å². The second-order valence-electron chi connectivity index (χ2n) is 4.89. The van der Waals surface area contributed by atoms with Gasteiger partial charge >= 0.3 is 11.8 Å². The molecule has 3 aromatic rings. The van der Waals surface area contributed by atoms with Crippen molar-refractivity contribution in [1.29, 1.82) is 0 Å². The Morgan fingerprint density at radius 2 is 1.15 bits per heavy atom. The van der Waals surface area contributed by atoms with Gasteiger partial charge < -0.3 is 18.8 Å². The Morgan fingerprint density at radius 3 is 1.46 bits per heavy atom. The lowest BCUT2D eigenvalue weighted by Crippen LogP contribution is -2.46. The van der Waals surface area contributed by atoms with Crippen LogP contribution in [0.25, 0.3) is 12.2 Å². The fourth-order valence-corrected chi connectivity index (χ4v) is 2.02. The normalized spacial score (nSPS) is 12.5. The SMILES string of the molecule is O=c1[nH]/c(=C/c2ccc([N+](=O)[O-])o2)c(=O)[nH]/c1=C/c1ccc([N+](=O)[O-])o1. The van der Waals surface area contributed by atoms with Gasteiger partial charge in [-0.1, -0.05) is 0 Å². The lowest BCUT2D eigenvalue weighted by molar-refractivity contribution is -0.402. The van der Waals surface area contributed by atoms with Gasteiger partial charge in [0.1, 0.15) is 32.1 Å². The standard InChI is InChI=1S/C14H8N4O8/c19-13-9(5-7-1-3-11(25-7)17(21)22)15-14(20)10(16-13)6-8-2-4-12(26-8)18(23)24/h1-6H,(H,15,20)(H,16,19)/b9-5+,10-6+. The van der Waals surface area contributed by atoms with Gasteiger partial charge in [0, 0.05) is 12.2 Å². The van der Waals surface area contributed by atoms with Crippen molar-refractivity contribution in [1.82, 2.24) is 9.97 Å². The molecule has 0 radical (unpaired) electrons. The van der Waals surface area contributed by atoms with Crippen LogP contribution in [-0.2, 0) is 0 Å². The van der Waals surface area contributed by atoms with Crippen LogP contribution in [0.3, 0.4) is 0 Å². The summed E-state index contributed by atoms with van der Waals surface area (Å²) in [5.74, 6) is -1.04. The molecular formula is C14H8N4O8. The van der Waals surface area contributed by atoms with Gasteiger partial charge in [-0.25, -0.2) is 0 Å². The first-order chi connectivity index (χ1) is 12.3. The molecule has 132 valence electrons. The summed E-state index contributed by atoms with van der Waals surface area (Å²) in [5.41, 5.74) is -1.42. The Hall–Kier alpha value is -4.22. The molecular weight excluding hydrogens is 352 g/mol. The molecule has 0 amide bonds. The van der Waals surface area contributed by atoms with Gasteiger partial charge in [-0.3, -0.25) is 29.8 Å². The van der Waals surface area contributed by atoms with Crippen molar-refractivity contribution >= 4 is 23.9 Å². The number of H-pyrrole nitrogens is 2. The van der Waals surface area contributed by atoms with Gasteiger partial charge in [-0.15, -0.1) is 0 Å². The largest absolute Gasteiger partial charge is 0.433 e. The van der Waals surface area contributed by atoms with Gasteiger partial charge in [0.2, 0.25) is 0 Å². The van der Waals surface area contributed by atoms with Crippen LogP contribution in [0, 0.1) is 20.2 Å². The van der Waals surface area contributed by atoms with Crippen LogP contribution in [0.1, 0.15) is 11.5 Å². The molecule has 3 heterocycles. The summed E-state index contributed by atoms with van der Waals surface area (Å²) >= 11 is 0. The van der Waals surface area contributed by atoms with E-state index in [4.69, 9.17) is 8.83 Å². The highest BCUT2D eigenvalue weighted by atomic mass is 16.7. The minimum Gasteiger partial charge on any atom is -0.401 e. The van der Waals surface area contributed by atoms with E-state index in [0.29, 0.717) is 0 Å². The second-order valence-corrected chi connectivity index (χ2v) is 4.89. The molecule has 3 aromatic heterocycles. The average molecular weight is 360 g/mol. The van der Waals surface area contributed by atoms with Crippen LogP contribution in [0.2, 0.25) is 0 Å². The molecule has 26 heavy (non-hydrogen) atoms. The molecule has 0 fully saturated rings. The Kier molecular flexibility index (Phi) is 4.06. The predicted octanol–water partition coefficient (Wildman–Crippen LogP) is -0.277. The number of nitrogens with one attached hydrogen (secondary N) is 2. The zero-order valence-corrected chi connectivity index (χ0v) is 12.6. The summed E-state index contributed by atoms with van der Waals surface area (Å²) in [6.45, 7) is 0. The number of aromatic amines is 2. The molecule has 2 N–H and O–H groups in total. The van der Waals surface area contributed by atoms with E-state index < -0.39 is 32.7 Å². The Balaban J connectivity index is 2.05. The lowest BCUT2D eigenvalue weighted by atomic mass is 10.3. The molecule has 0 saturated carbocycles. The van der Waals surface area contributed by atoms with Crippen LogP contribution in [0.4, 0.5) is 11.8 Å². The van der Waals surface area contributed by atoms with E-state index in [0.717, 1.165) is 24.3 Å². The summed E-state index contributed by atoms with van der Waals surface area (Å²) in [6.07, 6.45) is 2.24. The van der Waals surface area contributed by atoms with Crippen molar-refractivity contribution in [3.05, 3.63) is 87.4 Å². The Labute approximate surface area is 141 Å². The van der Waals surface area contributed by atoms with E-state index in [1.54, 1.807) is 0 Å². The van der Waals surface area contributed by atoms with Crippen LogP contribution in [-0.4, -0.2) is 19.8 Å². The third kappa shape index (κ3) is 3.33. The van der Waals surface area contributed by atoms with Crippen LogP contribution < -0.4 is 21.8 Å². The number of rotatable bonds is 4. The number of aromatic nitrogens is 2. The highest BCUT2D eigenvalue weighted by Crippen LogP contribution is 2.16. The zero-order chi connectivity index (χ0) is 18.8. The summed E-state index contributed by atoms with van der Waals surface area (Å²) in [6, 6.07) is 4.73. The van der Waals surface area contributed by atoms with Crippen LogP contribution in [0.15, 0.2) is 42.7 Å². The summed E-state index contributed by atoms with van der Waals surface area (Å²) in [4.78, 5) is 48.3. The van der Waals surface area contributed by atoms with E-state index in [2.05, 4.69) is 9.97 Å². The lowest BCUT2D eigenvalue weighted by Gasteiger charge is -1.90. The minimum absolute atomic E-state index is 0.00348. The van der Waals surface area contributed by atoms with E-state index in [9.17, 15) is 29.8 Å². The summed E-state index contributed by atoms with van der Waals surface area (Å²) < 4.78 is 9.76. The molecule has 0 aliphatic rings. The maximum absolute atomic E-state index is 12.0. The maximum atomic E-state index is 12.0. The second kappa shape index (κ2) is 6.35. The van der Waals surface area contributed by atoms with E-state index >= 15 is 0 Å². The minimum atomic E-state index is -0.745. The Morgan fingerprint density at radius 1 is 0.769 bits per heavy atom. The van der Waals surface area contributed by atoms with Crippen molar-refractivity contribution in [3.63, 3.8) is 0 Å². The van der Waals surface area contributed by atoms with Crippen molar-refractivity contribution in [2.45, 2.75) is 0 Å². The van der Waals surface area contributed by atoms with Gasteiger partial charge in [0.05, 0.1) is 12.1 Å². The smallest absolute Gasteiger partial charge is 0.401 e. The molecule has 12 nitrogen and oxygen atoms in total. The summed E-state index contributed by atoms with van der Waals surface area (Å²) in [5, 5.41) is 20.7. The van der Waals surface area contributed by atoms with Gasteiger partial charge in [-0.05, 0) is 12.1 Å². The average Bonchev–Trinajstić information content (AvgIpc) is 3.21. The van der Waals surface area contributed by atoms with Crippen LogP contribution in [0.5, 0.6) is 0 Å². The van der Waals surface area contributed by atoms with Crippen molar-refractivity contribution < 1.29 is 18.7 Å². The number of nitrogens with zero attached hydrogens (tertiary/aromatic N) is 2. The molecule has 3 rings (SSSR count). The molecule has 0 aliphatic heterocycles. The van der Waals surface area contributed by atoms with Crippen molar-refractivity contribution in [2.24, 2.45) is 0 Å².